The van der Waals surface area contributed by atoms with Crippen LogP contribution in [0.2, 0.25) is 0 Å². The third kappa shape index (κ3) is 4.59. The number of aromatic nitrogens is 2. The maximum absolute atomic E-state index is 14.6. The molecule has 162 valence electrons. The molecule has 1 fully saturated rings. The lowest BCUT2D eigenvalue weighted by molar-refractivity contribution is -0.120. The third-order valence-corrected chi connectivity index (χ3v) is 7.82. The first-order chi connectivity index (χ1) is 14.7. The second kappa shape index (κ2) is 8.01. The number of rotatable bonds is 7. The van der Waals surface area contributed by atoms with E-state index in [0.29, 0.717) is 35.3 Å². The van der Waals surface area contributed by atoms with E-state index >= 15 is 0 Å². The Kier molecular flexibility index (Phi) is 5.52. The van der Waals surface area contributed by atoms with Crippen LogP contribution in [-0.2, 0) is 20.2 Å². The van der Waals surface area contributed by atoms with Gasteiger partial charge in [-0.15, -0.1) is 11.3 Å². The van der Waals surface area contributed by atoms with E-state index in [1.165, 1.54) is 6.07 Å². The number of benzene rings is 1. The second-order valence-electron chi connectivity index (χ2n) is 7.90. The SMILES string of the molecule is CC(C)(C(=O)Nc1ccc(-c2cccnc2)c(F)c1)c1csc(NS(=O)(=O)C2CC2)n1. The molecule has 1 saturated carbocycles. The van der Waals surface area contributed by atoms with E-state index in [0.717, 1.165) is 11.3 Å². The number of carbonyl (C=O) groups is 1. The number of pyridine rings is 1. The molecule has 1 aromatic carbocycles. The summed E-state index contributed by atoms with van der Waals surface area (Å²) < 4.78 is 41.3. The van der Waals surface area contributed by atoms with Gasteiger partial charge in [0.2, 0.25) is 15.9 Å². The Balaban J connectivity index is 1.48. The van der Waals surface area contributed by atoms with Crippen LogP contribution in [0.4, 0.5) is 15.2 Å². The largest absolute Gasteiger partial charge is 0.325 e. The molecule has 2 aromatic heterocycles. The van der Waals surface area contributed by atoms with E-state index in [4.69, 9.17) is 0 Å². The molecule has 7 nitrogen and oxygen atoms in total. The van der Waals surface area contributed by atoms with Crippen LogP contribution in [0.3, 0.4) is 0 Å². The first-order valence-corrected chi connectivity index (χ1v) is 12.1. The summed E-state index contributed by atoms with van der Waals surface area (Å²) in [7, 11) is -3.42. The van der Waals surface area contributed by atoms with Gasteiger partial charge < -0.3 is 5.32 Å². The first-order valence-electron chi connectivity index (χ1n) is 9.66. The Hall–Kier alpha value is -2.85. The summed E-state index contributed by atoms with van der Waals surface area (Å²) in [6.45, 7) is 3.36. The number of hydrogen-bond acceptors (Lipinski definition) is 6. The quantitative estimate of drug-likeness (QED) is 0.551. The highest BCUT2D eigenvalue weighted by Gasteiger charge is 2.37. The van der Waals surface area contributed by atoms with E-state index in [1.807, 2.05) is 0 Å². The van der Waals surface area contributed by atoms with Crippen molar-refractivity contribution in [3.8, 4) is 11.1 Å². The summed E-state index contributed by atoms with van der Waals surface area (Å²) >= 11 is 1.13. The lowest BCUT2D eigenvalue weighted by Crippen LogP contribution is -2.35. The molecule has 1 aliphatic carbocycles. The second-order valence-corrected chi connectivity index (χ2v) is 10.7. The molecule has 3 aromatic rings. The van der Waals surface area contributed by atoms with Gasteiger partial charge in [-0.25, -0.2) is 17.8 Å². The zero-order valence-electron chi connectivity index (χ0n) is 16.9. The molecular weight excluding hydrogens is 439 g/mol. The molecule has 1 aliphatic rings. The Morgan fingerprint density at radius 1 is 1.26 bits per heavy atom. The number of carbonyl (C=O) groups excluding carboxylic acids is 1. The fourth-order valence-electron chi connectivity index (χ4n) is 2.94. The van der Waals surface area contributed by atoms with Crippen molar-refractivity contribution in [3.05, 3.63) is 59.6 Å². The van der Waals surface area contributed by atoms with Crippen molar-refractivity contribution in [1.82, 2.24) is 9.97 Å². The maximum Gasteiger partial charge on any atom is 0.237 e. The molecule has 0 bridgehead atoms. The van der Waals surface area contributed by atoms with Crippen molar-refractivity contribution in [3.63, 3.8) is 0 Å². The lowest BCUT2D eigenvalue weighted by Gasteiger charge is -2.21. The number of amides is 1. The van der Waals surface area contributed by atoms with E-state index in [1.54, 1.807) is 55.9 Å². The minimum Gasteiger partial charge on any atom is -0.325 e. The molecule has 0 radical (unpaired) electrons. The number of anilines is 2. The fourth-order valence-corrected chi connectivity index (χ4v) is 5.42. The summed E-state index contributed by atoms with van der Waals surface area (Å²) in [6.07, 6.45) is 4.48. The van der Waals surface area contributed by atoms with Crippen molar-refractivity contribution in [2.24, 2.45) is 0 Å². The normalized spacial score (nSPS) is 14.3. The molecule has 1 amide bonds. The summed E-state index contributed by atoms with van der Waals surface area (Å²) in [4.78, 5) is 21.2. The zero-order valence-corrected chi connectivity index (χ0v) is 18.6. The lowest BCUT2D eigenvalue weighted by atomic mass is 9.89. The summed E-state index contributed by atoms with van der Waals surface area (Å²) in [6, 6.07) is 7.94. The Morgan fingerprint density at radius 2 is 2.03 bits per heavy atom. The fraction of sp³-hybridized carbons (Fsp3) is 0.286. The molecule has 0 spiro atoms. The standard InChI is InChI=1S/C21H21FN4O3S2/c1-21(2,18-12-30-20(25-18)26-31(28,29)15-6-7-15)19(27)24-14-5-8-16(17(22)10-14)13-4-3-9-23-11-13/h3-5,8-12,15H,6-7H2,1-2H3,(H,24,27)(H,25,26). The average molecular weight is 461 g/mol. The minimum atomic E-state index is -3.42. The van der Waals surface area contributed by atoms with E-state index < -0.39 is 21.3 Å². The highest BCUT2D eigenvalue weighted by atomic mass is 32.2. The number of hydrogen-bond donors (Lipinski definition) is 2. The van der Waals surface area contributed by atoms with Crippen molar-refractivity contribution in [2.45, 2.75) is 37.4 Å². The smallest absolute Gasteiger partial charge is 0.237 e. The van der Waals surface area contributed by atoms with Crippen LogP contribution < -0.4 is 10.0 Å². The predicted octanol–water partition coefficient (Wildman–Crippen LogP) is 4.16. The zero-order chi connectivity index (χ0) is 22.2. The molecule has 0 unspecified atom stereocenters. The van der Waals surface area contributed by atoms with E-state index in [-0.39, 0.29) is 16.3 Å². The molecular formula is C21H21FN4O3S2. The van der Waals surface area contributed by atoms with Crippen LogP contribution in [0.1, 0.15) is 32.4 Å². The van der Waals surface area contributed by atoms with Gasteiger partial charge in [-0.3, -0.25) is 14.5 Å². The number of nitrogens with one attached hydrogen (secondary N) is 2. The van der Waals surface area contributed by atoms with Crippen LogP contribution in [-0.4, -0.2) is 29.5 Å². The highest BCUT2D eigenvalue weighted by molar-refractivity contribution is 7.93. The van der Waals surface area contributed by atoms with Crippen LogP contribution in [0.15, 0.2) is 48.1 Å². The minimum absolute atomic E-state index is 0.231. The molecule has 0 saturated heterocycles. The average Bonchev–Trinajstić information content (AvgIpc) is 3.49. The van der Waals surface area contributed by atoms with Gasteiger partial charge in [-0.1, -0.05) is 6.07 Å². The van der Waals surface area contributed by atoms with Gasteiger partial charge in [0.15, 0.2) is 5.13 Å². The van der Waals surface area contributed by atoms with Crippen molar-refractivity contribution >= 4 is 38.1 Å². The van der Waals surface area contributed by atoms with Crippen LogP contribution in [0.5, 0.6) is 0 Å². The molecule has 2 heterocycles. The molecule has 2 N–H and O–H groups in total. The third-order valence-electron chi connectivity index (χ3n) is 5.10. The Bertz CT molecular complexity index is 1220. The number of nitrogens with zero attached hydrogens (tertiary/aromatic N) is 2. The van der Waals surface area contributed by atoms with Gasteiger partial charge in [0.1, 0.15) is 5.82 Å². The van der Waals surface area contributed by atoms with Crippen molar-refractivity contribution in [1.29, 1.82) is 0 Å². The van der Waals surface area contributed by atoms with Gasteiger partial charge in [-0.05, 0) is 51.0 Å². The number of thiazole rings is 1. The summed E-state index contributed by atoms with van der Waals surface area (Å²) in [5, 5.41) is 4.24. The summed E-state index contributed by atoms with van der Waals surface area (Å²) in [5.41, 5.74) is 0.710. The van der Waals surface area contributed by atoms with Crippen molar-refractivity contribution < 1.29 is 17.6 Å². The molecule has 10 heteroatoms. The topological polar surface area (TPSA) is 101 Å². The van der Waals surface area contributed by atoms with Gasteiger partial charge in [-0.2, -0.15) is 0 Å². The Morgan fingerprint density at radius 3 is 2.68 bits per heavy atom. The van der Waals surface area contributed by atoms with E-state index in [9.17, 15) is 17.6 Å². The molecule has 4 rings (SSSR count). The highest BCUT2D eigenvalue weighted by Crippen LogP contribution is 2.33. The predicted molar refractivity (Wildman–Crippen MR) is 119 cm³/mol. The van der Waals surface area contributed by atoms with Gasteiger partial charge in [0.05, 0.1) is 16.4 Å². The van der Waals surface area contributed by atoms with Gasteiger partial charge >= 0.3 is 0 Å². The maximum atomic E-state index is 14.6. The van der Waals surface area contributed by atoms with Crippen LogP contribution >= 0.6 is 11.3 Å². The van der Waals surface area contributed by atoms with Crippen LogP contribution in [0.25, 0.3) is 11.1 Å². The van der Waals surface area contributed by atoms with Crippen molar-refractivity contribution in [2.75, 3.05) is 10.0 Å². The summed E-state index contributed by atoms with van der Waals surface area (Å²) in [5.74, 6) is -0.864. The van der Waals surface area contributed by atoms with Gasteiger partial charge in [0.25, 0.3) is 0 Å². The van der Waals surface area contributed by atoms with E-state index in [2.05, 4.69) is 20.0 Å². The first kappa shape index (κ1) is 21.4. The molecule has 0 aliphatic heterocycles. The molecule has 31 heavy (non-hydrogen) atoms. The Labute approximate surface area is 183 Å². The number of sulfonamides is 1. The number of halogens is 1. The van der Waals surface area contributed by atoms with Crippen LogP contribution in [0, 0.1) is 5.82 Å². The molecule has 0 atom stereocenters. The van der Waals surface area contributed by atoms with Gasteiger partial charge in [0, 0.05) is 34.6 Å². The monoisotopic (exact) mass is 460 g/mol.